The molecule has 0 bridgehead atoms. The Morgan fingerprint density at radius 1 is 1.43 bits per heavy atom. The third kappa shape index (κ3) is 3.39. The van der Waals surface area contributed by atoms with Gasteiger partial charge in [-0.25, -0.2) is 0 Å². The summed E-state index contributed by atoms with van der Waals surface area (Å²) in [4.78, 5) is 14.2. The summed E-state index contributed by atoms with van der Waals surface area (Å²) in [7, 11) is 0. The van der Waals surface area contributed by atoms with Gasteiger partial charge in [-0.2, -0.15) is 5.10 Å². The van der Waals surface area contributed by atoms with Gasteiger partial charge in [-0.15, -0.1) is 0 Å². The van der Waals surface area contributed by atoms with Crippen LogP contribution in [0.3, 0.4) is 0 Å². The molecule has 1 aliphatic heterocycles. The zero-order valence-corrected chi connectivity index (χ0v) is 13.3. The number of nitrogens with one attached hydrogen (secondary N) is 1. The summed E-state index contributed by atoms with van der Waals surface area (Å²) < 4.78 is 5.84. The van der Waals surface area contributed by atoms with E-state index in [0.717, 1.165) is 5.56 Å². The molecule has 0 aliphatic carbocycles. The van der Waals surface area contributed by atoms with Crippen LogP contribution in [0, 0.1) is 0 Å². The Hall–Kier alpha value is -1.89. The number of benzene rings is 1. The summed E-state index contributed by atoms with van der Waals surface area (Å²) in [6.07, 6.45) is 1.93. The second-order valence-electron chi connectivity index (χ2n) is 5.67. The molecular weight excluding hydrogens is 318 g/mol. The van der Waals surface area contributed by atoms with E-state index in [1.807, 2.05) is 30.3 Å². The van der Waals surface area contributed by atoms with Gasteiger partial charge < -0.3 is 14.7 Å². The molecule has 2 N–H and O–H groups in total. The van der Waals surface area contributed by atoms with Crippen molar-refractivity contribution in [2.45, 2.75) is 12.0 Å². The van der Waals surface area contributed by atoms with Crippen molar-refractivity contribution in [2.24, 2.45) is 0 Å². The SMILES string of the molecule is O=C(c1[nH]ncc1Cl)N1CCO[C@@](CO)(Cc2ccccc2)C1. The van der Waals surface area contributed by atoms with Gasteiger partial charge in [0.1, 0.15) is 11.3 Å². The third-order valence-corrected chi connectivity index (χ3v) is 4.29. The standard InChI is InChI=1S/C16H18ClN3O3/c17-13-9-18-19-14(13)15(22)20-6-7-23-16(10-20,11-21)8-12-4-2-1-3-5-12/h1-5,9,21H,6-8,10-11H2,(H,18,19)/t16-/m0/s1. The molecule has 0 radical (unpaired) electrons. The molecule has 1 saturated heterocycles. The Morgan fingerprint density at radius 2 is 2.22 bits per heavy atom. The van der Waals surface area contributed by atoms with Crippen LogP contribution in [-0.2, 0) is 11.2 Å². The van der Waals surface area contributed by atoms with Gasteiger partial charge in [-0.3, -0.25) is 9.89 Å². The van der Waals surface area contributed by atoms with E-state index in [-0.39, 0.29) is 18.2 Å². The molecule has 1 aliphatic rings. The zero-order valence-electron chi connectivity index (χ0n) is 12.5. The van der Waals surface area contributed by atoms with Crippen molar-refractivity contribution in [3.05, 3.63) is 52.8 Å². The summed E-state index contributed by atoms with van der Waals surface area (Å²) >= 11 is 5.97. The number of ether oxygens (including phenoxy) is 1. The molecule has 0 unspecified atom stereocenters. The van der Waals surface area contributed by atoms with Gasteiger partial charge in [0.25, 0.3) is 5.91 Å². The van der Waals surface area contributed by atoms with Crippen LogP contribution in [0.2, 0.25) is 5.02 Å². The minimum atomic E-state index is -0.804. The number of hydrogen-bond acceptors (Lipinski definition) is 4. The molecular formula is C16H18ClN3O3. The minimum absolute atomic E-state index is 0.164. The van der Waals surface area contributed by atoms with Gasteiger partial charge in [0.05, 0.1) is 31.0 Å². The van der Waals surface area contributed by atoms with Gasteiger partial charge in [0.2, 0.25) is 0 Å². The van der Waals surface area contributed by atoms with Crippen molar-refractivity contribution in [1.29, 1.82) is 0 Å². The molecule has 1 atom stereocenters. The van der Waals surface area contributed by atoms with Crippen molar-refractivity contribution in [3.8, 4) is 0 Å². The van der Waals surface area contributed by atoms with Crippen molar-refractivity contribution in [1.82, 2.24) is 15.1 Å². The highest BCUT2D eigenvalue weighted by Crippen LogP contribution is 2.25. The number of amides is 1. The lowest BCUT2D eigenvalue weighted by Crippen LogP contribution is -2.56. The van der Waals surface area contributed by atoms with E-state index in [2.05, 4.69) is 10.2 Å². The minimum Gasteiger partial charge on any atom is -0.393 e. The molecule has 1 aromatic carbocycles. The Balaban J connectivity index is 1.78. The number of H-pyrrole nitrogens is 1. The number of carbonyl (C=O) groups excluding carboxylic acids is 1. The van der Waals surface area contributed by atoms with Crippen LogP contribution in [0.4, 0.5) is 0 Å². The van der Waals surface area contributed by atoms with E-state index in [4.69, 9.17) is 16.3 Å². The largest absolute Gasteiger partial charge is 0.393 e. The van der Waals surface area contributed by atoms with E-state index >= 15 is 0 Å². The molecule has 1 amide bonds. The molecule has 2 aromatic rings. The predicted molar refractivity (Wildman–Crippen MR) is 85.4 cm³/mol. The first-order valence-corrected chi connectivity index (χ1v) is 7.78. The summed E-state index contributed by atoms with van der Waals surface area (Å²) in [5.41, 5.74) is 0.512. The van der Waals surface area contributed by atoms with Crippen molar-refractivity contribution in [2.75, 3.05) is 26.3 Å². The number of aliphatic hydroxyl groups is 1. The van der Waals surface area contributed by atoms with E-state index in [1.165, 1.54) is 6.20 Å². The van der Waals surface area contributed by atoms with Crippen LogP contribution < -0.4 is 0 Å². The molecule has 122 valence electrons. The topological polar surface area (TPSA) is 78.5 Å². The van der Waals surface area contributed by atoms with E-state index < -0.39 is 5.60 Å². The number of rotatable bonds is 4. The number of halogens is 1. The first-order chi connectivity index (χ1) is 11.1. The Morgan fingerprint density at radius 3 is 2.87 bits per heavy atom. The van der Waals surface area contributed by atoms with E-state index in [1.54, 1.807) is 4.90 Å². The van der Waals surface area contributed by atoms with Crippen LogP contribution in [0.1, 0.15) is 16.1 Å². The quantitative estimate of drug-likeness (QED) is 0.887. The number of aliphatic hydroxyl groups excluding tert-OH is 1. The van der Waals surface area contributed by atoms with Crippen LogP contribution in [-0.4, -0.2) is 58.0 Å². The maximum absolute atomic E-state index is 12.6. The Labute approximate surface area is 139 Å². The average Bonchev–Trinajstić information content (AvgIpc) is 3.01. The molecule has 3 rings (SSSR count). The number of hydrogen-bond donors (Lipinski definition) is 2. The van der Waals surface area contributed by atoms with E-state index in [9.17, 15) is 9.90 Å². The van der Waals surface area contributed by atoms with Crippen molar-refractivity contribution >= 4 is 17.5 Å². The fourth-order valence-electron chi connectivity index (χ4n) is 2.82. The highest BCUT2D eigenvalue weighted by atomic mass is 35.5. The number of nitrogens with zero attached hydrogens (tertiary/aromatic N) is 2. The van der Waals surface area contributed by atoms with Crippen molar-refractivity contribution in [3.63, 3.8) is 0 Å². The molecule has 0 spiro atoms. The molecule has 1 fully saturated rings. The number of morpholine rings is 1. The molecule has 0 saturated carbocycles. The molecule has 6 nitrogen and oxygen atoms in total. The maximum atomic E-state index is 12.6. The molecule has 2 heterocycles. The number of aromatic nitrogens is 2. The summed E-state index contributed by atoms with van der Waals surface area (Å²) in [6.45, 7) is 0.949. The highest BCUT2D eigenvalue weighted by Gasteiger charge is 2.39. The predicted octanol–water partition coefficient (Wildman–Crippen LogP) is 1.51. The lowest BCUT2D eigenvalue weighted by atomic mass is 9.93. The molecule has 7 heteroatoms. The monoisotopic (exact) mass is 335 g/mol. The highest BCUT2D eigenvalue weighted by molar-refractivity contribution is 6.33. The maximum Gasteiger partial charge on any atom is 0.273 e. The molecule has 1 aromatic heterocycles. The van der Waals surface area contributed by atoms with Gasteiger partial charge in [0.15, 0.2) is 0 Å². The summed E-state index contributed by atoms with van der Waals surface area (Å²) in [6, 6.07) is 9.78. The normalized spacial score (nSPS) is 21.4. The van der Waals surface area contributed by atoms with Gasteiger partial charge in [-0.05, 0) is 5.56 Å². The van der Waals surface area contributed by atoms with Gasteiger partial charge >= 0.3 is 0 Å². The lowest BCUT2D eigenvalue weighted by molar-refractivity contribution is -0.123. The zero-order chi connectivity index (χ0) is 16.3. The molecule has 23 heavy (non-hydrogen) atoms. The first kappa shape index (κ1) is 16.0. The van der Waals surface area contributed by atoms with Gasteiger partial charge in [0, 0.05) is 13.0 Å². The second kappa shape index (κ2) is 6.70. The average molecular weight is 336 g/mol. The lowest BCUT2D eigenvalue weighted by Gasteiger charge is -2.41. The van der Waals surface area contributed by atoms with E-state index in [0.29, 0.717) is 31.1 Å². The smallest absolute Gasteiger partial charge is 0.273 e. The second-order valence-corrected chi connectivity index (χ2v) is 6.08. The number of aromatic amines is 1. The van der Waals surface area contributed by atoms with Crippen LogP contribution in [0.25, 0.3) is 0 Å². The summed E-state index contributed by atoms with van der Waals surface area (Å²) in [5.74, 6) is -0.235. The fourth-order valence-corrected chi connectivity index (χ4v) is 3.00. The van der Waals surface area contributed by atoms with Gasteiger partial charge in [-0.1, -0.05) is 41.9 Å². The van der Waals surface area contributed by atoms with Crippen LogP contribution in [0.5, 0.6) is 0 Å². The number of carbonyl (C=O) groups is 1. The van der Waals surface area contributed by atoms with Crippen LogP contribution >= 0.6 is 11.6 Å². The fraction of sp³-hybridized carbons (Fsp3) is 0.375. The third-order valence-electron chi connectivity index (χ3n) is 4.00. The Bertz CT molecular complexity index is 676. The Kier molecular flexibility index (Phi) is 4.66. The first-order valence-electron chi connectivity index (χ1n) is 7.40. The van der Waals surface area contributed by atoms with Crippen molar-refractivity contribution < 1.29 is 14.6 Å². The van der Waals surface area contributed by atoms with Crippen LogP contribution in [0.15, 0.2) is 36.5 Å². The summed E-state index contributed by atoms with van der Waals surface area (Å²) in [5, 5.41) is 16.6.